The van der Waals surface area contributed by atoms with Crippen LogP contribution in [0.1, 0.15) is 23.2 Å². The largest absolute Gasteiger partial charge is 0.381 e. The molecule has 0 bridgehead atoms. The van der Waals surface area contributed by atoms with Crippen molar-refractivity contribution in [1.29, 1.82) is 0 Å². The van der Waals surface area contributed by atoms with Gasteiger partial charge in [0.15, 0.2) is 0 Å². The van der Waals surface area contributed by atoms with Crippen LogP contribution in [0.4, 0.5) is 0 Å². The van der Waals surface area contributed by atoms with Crippen LogP contribution in [0.5, 0.6) is 0 Å². The maximum Gasteiger partial charge on any atom is 0.254 e. The number of benzene rings is 1. The first-order chi connectivity index (χ1) is 9.66. The molecule has 3 rings (SSSR count). The minimum absolute atomic E-state index is 0.442. The molecule has 20 heavy (non-hydrogen) atoms. The van der Waals surface area contributed by atoms with E-state index < -0.39 is 5.24 Å². The van der Waals surface area contributed by atoms with Gasteiger partial charge in [-0.05, 0) is 36.4 Å². The van der Waals surface area contributed by atoms with Crippen molar-refractivity contribution in [3.05, 3.63) is 35.0 Å². The zero-order chi connectivity index (χ0) is 14.1. The van der Waals surface area contributed by atoms with E-state index >= 15 is 0 Å². The zero-order valence-corrected chi connectivity index (χ0v) is 12.5. The fraction of sp³-hybridized carbons (Fsp3) is 0.400. The summed E-state index contributed by atoms with van der Waals surface area (Å²) in [5.41, 5.74) is 1.42. The Hall–Kier alpha value is -1.03. The lowest BCUT2D eigenvalue weighted by molar-refractivity contribution is 0.0616. The van der Waals surface area contributed by atoms with Crippen LogP contribution < -0.4 is 0 Å². The van der Waals surface area contributed by atoms with E-state index in [0.717, 1.165) is 43.5 Å². The monoisotopic (exact) mass is 311 g/mol. The first-order valence-electron chi connectivity index (χ1n) is 6.71. The van der Waals surface area contributed by atoms with Crippen LogP contribution in [0.25, 0.3) is 10.9 Å². The summed E-state index contributed by atoms with van der Waals surface area (Å²) in [6, 6.07) is 5.57. The lowest BCUT2D eigenvalue weighted by Crippen LogP contribution is -2.20. The highest BCUT2D eigenvalue weighted by atomic mass is 35.5. The van der Waals surface area contributed by atoms with Gasteiger partial charge in [-0.15, -0.1) is 0 Å². The van der Waals surface area contributed by atoms with E-state index in [1.54, 1.807) is 0 Å². The number of hydrogen-bond acceptors (Lipinski definition) is 2. The van der Waals surface area contributed by atoms with Gasteiger partial charge >= 0.3 is 0 Å². The second-order valence-electron chi connectivity index (χ2n) is 5.16. The van der Waals surface area contributed by atoms with E-state index in [9.17, 15) is 4.79 Å². The smallest absolute Gasteiger partial charge is 0.254 e. The van der Waals surface area contributed by atoms with Crippen molar-refractivity contribution in [2.75, 3.05) is 13.2 Å². The molecule has 0 amide bonds. The van der Waals surface area contributed by atoms with Gasteiger partial charge in [0.25, 0.3) is 5.24 Å². The van der Waals surface area contributed by atoms with Crippen LogP contribution in [0.15, 0.2) is 24.4 Å². The fourth-order valence-electron chi connectivity index (χ4n) is 2.82. The van der Waals surface area contributed by atoms with Gasteiger partial charge < -0.3 is 9.30 Å². The summed E-state index contributed by atoms with van der Waals surface area (Å²) in [5.74, 6) is 0.550. The number of carbonyl (C=O) groups excluding carboxylic acids is 1. The Labute approximate surface area is 127 Å². The predicted octanol–water partition coefficient (Wildman–Crippen LogP) is 4.10. The van der Waals surface area contributed by atoms with Crippen LogP contribution in [0.2, 0.25) is 5.02 Å². The Bertz CT molecular complexity index is 645. The number of para-hydroxylation sites is 1. The molecule has 0 unspecified atom stereocenters. The number of carbonyl (C=O) groups is 1. The van der Waals surface area contributed by atoms with Gasteiger partial charge in [-0.3, -0.25) is 4.79 Å². The lowest BCUT2D eigenvalue weighted by Gasteiger charge is -2.23. The molecule has 0 aliphatic carbocycles. The summed E-state index contributed by atoms with van der Waals surface area (Å²) in [4.78, 5) is 11.6. The highest BCUT2D eigenvalue weighted by Gasteiger charge is 2.19. The first kappa shape index (κ1) is 13.9. The van der Waals surface area contributed by atoms with Gasteiger partial charge in [0.05, 0.1) is 16.1 Å². The predicted molar refractivity (Wildman–Crippen MR) is 80.7 cm³/mol. The fourth-order valence-corrected chi connectivity index (χ4v) is 3.26. The maximum atomic E-state index is 11.6. The number of hydrogen-bond donors (Lipinski definition) is 0. The van der Waals surface area contributed by atoms with Crippen molar-refractivity contribution < 1.29 is 9.53 Å². The van der Waals surface area contributed by atoms with Crippen molar-refractivity contribution in [1.82, 2.24) is 4.57 Å². The molecule has 3 nitrogen and oxygen atoms in total. The van der Waals surface area contributed by atoms with Crippen LogP contribution in [0.3, 0.4) is 0 Å². The summed E-state index contributed by atoms with van der Waals surface area (Å²) >= 11 is 12.0. The van der Waals surface area contributed by atoms with Gasteiger partial charge in [-0.25, -0.2) is 0 Å². The zero-order valence-electron chi connectivity index (χ0n) is 10.9. The summed E-state index contributed by atoms with van der Waals surface area (Å²) in [7, 11) is 0. The van der Waals surface area contributed by atoms with Crippen molar-refractivity contribution in [2.24, 2.45) is 5.92 Å². The number of ether oxygens (including phenoxy) is 1. The van der Waals surface area contributed by atoms with Gasteiger partial charge in [-0.2, -0.15) is 0 Å². The van der Waals surface area contributed by atoms with E-state index in [1.165, 1.54) is 0 Å². The maximum absolute atomic E-state index is 11.6. The molecule has 1 aliphatic heterocycles. The number of aromatic nitrogens is 1. The summed E-state index contributed by atoms with van der Waals surface area (Å²) in [6.45, 7) is 2.45. The molecule has 1 fully saturated rings. The molecule has 2 heterocycles. The van der Waals surface area contributed by atoms with Crippen molar-refractivity contribution in [3.8, 4) is 0 Å². The number of nitrogens with zero attached hydrogens (tertiary/aromatic N) is 1. The normalized spacial score (nSPS) is 16.7. The Morgan fingerprint density at radius 1 is 1.35 bits per heavy atom. The van der Waals surface area contributed by atoms with Crippen LogP contribution >= 0.6 is 23.2 Å². The third-order valence-corrected chi connectivity index (χ3v) is 4.37. The second kappa shape index (κ2) is 5.76. The highest BCUT2D eigenvalue weighted by molar-refractivity contribution is 6.68. The van der Waals surface area contributed by atoms with Crippen molar-refractivity contribution in [2.45, 2.75) is 19.4 Å². The molecule has 106 valence electrons. The Balaban J connectivity index is 2.03. The van der Waals surface area contributed by atoms with E-state index in [0.29, 0.717) is 16.5 Å². The molecular formula is C15H15Cl2NO2. The quantitative estimate of drug-likeness (QED) is 0.799. The molecule has 2 aromatic rings. The SMILES string of the molecule is O=C(Cl)c1cn(CC2CCOCC2)c2c(Cl)cccc12. The summed E-state index contributed by atoms with van der Waals surface area (Å²) in [6.07, 6.45) is 3.89. The summed E-state index contributed by atoms with van der Waals surface area (Å²) in [5, 5.41) is 1.03. The van der Waals surface area contributed by atoms with Gasteiger partial charge in [-0.1, -0.05) is 23.7 Å². The molecule has 1 saturated heterocycles. The molecule has 0 N–H and O–H groups in total. The Morgan fingerprint density at radius 3 is 2.80 bits per heavy atom. The van der Waals surface area contributed by atoms with Gasteiger partial charge in [0, 0.05) is 31.3 Å². The molecule has 1 aromatic heterocycles. The van der Waals surface area contributed by atoms with Gasteiger partial charge in [0.2, 0.25) is 0 Å². The van der Waals surface area contributed by atoms with Gasteiger partial charge in [0.1, 0.15) is 0 Å². The summed E-state index contributed by atoms with van der Waals surface area (Å²) < 4.78 is 7.44. The average molecular weight is 312 g/mol. The molecular weight excluding hydrogens is 297 g/mol. The number of halogens is 2. The lowest BCUT2D eigenvalue weighted by atomic mass is 10.0. The van der Waals surface area contributed by atoms with E-state index in [2.05, 4.69) is 4.57 Å². The van der Waals surface area contributed by atoms with Crippen LogP contribution in [-0.2, 0) is 11.3 Å². The third-order valence-electron chi connectivity index (χ3n) is 3.86. The Morgan fingerprint density at radius 2 is 2.10 bits per heavy atom. The second-order valence-corrected chi connectivity index (χ2v) is 5.91. The first-order valence-corrected chi connectivity index (χ1v) is 7.47. The number of fused-ring (bicyclic) bond motifs is 1. The molecule has 1 aliphatic rings. The molecule has 0 saturated carbocycles. The minimum atomic E-state index is -0.442. The molecule has 0 spiro atoms. The van der Waals surface area contributed by atoms with Crippen LogP contribution in [0, 0.1) is 5.92 Å². The standard InChI is InChI=1S/C15H15Cl2NO2/c16-13-3-1-2-11-12(15(17)19)9-18(14(11)13)8-10-4-6-20-7-5-10/h1-3,9-10H,4-8H2. The molecule has 0 radical (unpaired) electrons. The topological polar surface area (TPSA) is 31.2 Å². The molecule has 5 heteroatoms. The molecule has 0 atom stereocenters. The number of rotatable bonds is 3. The third kappa shape index (κ3) is 2.58. The van der Waals surface area contributed by atoms with E-state index in [4.69, 9.17) is 27.9 Å². The van der Waals surface area contributed by atoms with Crippen molar-refractivity contribution in [3.63, 3.8) is 0 Å². The average Bonchev–Trinajstić information content (AvgIpc) is 2.80. The Kier molecular flexibility index (Phi) is 4.01. The van der Waals surface area contributed by atoms with Crippen molar-refractivity contribution >= 4 is 39.3 Å². The van der Waals surface area contributed by atoms with E-state index in [-0.39, 0.29) is 0 Å². The highest BCUT2D eigenvalue weighted by Crippen LogP contribution is 2.30. The van der Waals surface area contributed by atoms with E-state index in [1.807, 2.05) is 24.4 Å². The van der Waals surface area contributed by atoms with Crippen LogP contribution in [-0.4, -0.2) is 23.0 Å². The minimum Gasteiger partial charge on any atom is -0.381 e. The molecule has 1 aromatic carbocycles.